The number of amides is 1. The Balaban J connectivity index is 2.29. The first-order chi connectivity index (χ1) is 10.1. The molecule has 0 saturated carbocycles. The molecule has 0 spiro atoms. The van der Waals surface area contributed by atoms with Gasteiger partial charge in [-0.25, -0.2) is 0 Å². The maximum absolute atomic E-state index is 12.3. The summed E-state index contributed by atoms with van der Waals surface area (Å²) >= 11 is 0. The molecule has 3 N–H and O–H groups in total. The molecular formula is C17H17N3O. The number of pyridine rings is 1. The number of nitrogens with zero attached hydrogens (tertiary/aromatic N) is 1. The number of aromatic nitrogens is 1. The minimum absolute atomic E-state index is 0.203. The van der Waals surface area contributed by atoms with Crippen molar-refractivity contribution in [1.82, 2.24) is 4.98 Å². The first-order valence-electron chi connectivity index (χ1n) is 6.63. The van der Waals surface area contributed by atoms with E-state index in [4.69, 9.17) is 5.73 Å². The summed E-state index contributed by atoms with van der Waals surface area (Å²) in [6.45, 7) is 4.15. The third-order valence-corrected chi connectivity index (χ3v) is 2.89. The number of anilines is 1. The number of nitrogens with one attached hydrogen (secondary N) is 1. The van der Waals surface area contributed by atoms with Gasteiger partial charge in [0, 0.05) is 18.0 Å². The first-order valence-corrected chi connectivity index (χ1v) is 6.63. The Bertz CT molecular complexity index is 726. The normalized spacial score (nSPS) is 9.67. The summed E-state index contributed by atoms with van der Waals surface area (Å²) in [4.78, 5) is 16.3. The quantitative estimate of drug-likeness (QED) is 0.829. The Morgan fingerprint density at radius 2 is 2.05 bits per heavy atom. The lowest BCUT2D eigenvalue weighted by Gasteiger charge is -2.08. The minimum Gasteiger partial charge on any atom is -0.321 e. The zero-order valence-corrected chi connectivity index (χ0v) is 12.1. The average molecular weight is 279 g/mol. The molecule has 0 aliphatic rings. The molecule has 0 bridgehead atoms. The van der Waals surface area contributed by atoms with Gasteiger partial charge in [0.1, 0.15) is 0 Å². The summed E-state index contributed by atoms with van der Waals surface area (Å²) in [5.74, 6) is 5.58. The van der Waals surface area contributed by atoms with Crippen molar-refractivity contribution in [2.24, 2.45) is 5.73 Å². The molecule has 1 aromatic heterocycles. The largest absolute Gasteiger partial charge is 0.321 e. The van der Waals surface area contributed by atoms with Crippen LogP contribution in [-0.2, 0) is 0 Å². The van der Waals surface area contributed by atoms with E-state index in [-0.39, 0.29) is 12.5 Å². The van der Waals surface area contributed by atoms with Crippen LogP contribution < -0.4 is 11.1 Å². The lowest BCUT2D eigenvalue weighted by atomic mass is 10.1. The van der Waals surface area contributed by atoms with E-state index in [9.17, 15) is 4.79 Å². The summed E-state index contributed by atoms with van der Waals surface area (Å²) in [5.41, 5.74) is 9.37. The smallest absolute Gasteiger partial charge is 0.257 e. The van der Waals surface area contributed by atoms with Gasteiger partial charge in [0.15, 0.2) is 0 Å². The number of rotatable bonds is 2. The van der Waals surface area contributed by atoms with Crippen molar-refractivity contribution in [3.05, 3.63) is 58.9 Å². The molecule has 1 heterocycles. The van der Waals surface area contributed by atoms with Crippen molar-refractivity contribution in [3.8, 4) is 11.8 Å². The molecule has 1 aromatic carbocycles. The molecule has 0 unspecified atom stereocenters. The second-order valence-corrected chi connectivity index (χ2v) is 4.76. The minimum atomic E-state index is -0.203. The molecule has 0 aliphatic carbocycles. The van der Waals surface area contributed by atoms with Crippen LogP contribution in [0.2, 0.25) is 0 Å². The molecule has 106 valence electrons. The van der Waals surface area contributed by atoms with E-state index in [0.717, 1.165) is 16.7 Å². The van der Waals surface area contributed by atoms with Gasteiger partial charge in [0.25, 0.3) is 5.91 Å². The van der Waals surface area contributed by atoms with Crippen LogP contribution in [-0.4, -0.2) is 17.4 Å². The predicted molar refractivity (Wildman–Crippen MR) is 84.0 cm³/mol. The Hall–Kier alpha value is -2.64. The second-order valence-electron chi connectivity index (χ2n) is 4.76. The Kier molecular flexibility index (Phi) is 4.70. The summed E-state index contributed by atoms with van der Waals surface area (Å²) in [6.07, 6.45) is 3.25. The van der Waals surface area contributed by atoms with Crippen LogP contribution in [0, 0.1) is 25.7 Å². The molecule has 2 rings (SSSR count). The fourth-order valence-electron chi connectivity index (χ4n) is 1.89. The van der Waals surface area contributed by atoms with Crippen LogP contribution in [0.4, 0.5) is 5.69 Å². The van der Waals surface area contributed by atoms with Gasteiger partial charge in [-0.05, 0) is 43.2 Å². The molecular weight excluding hydrogens is 262 g/mol. The average Bonchev–Trinajstić information content (AvgIpc) is 2.47. The highest BCUT2D eigenvalue weighted by atomic mass is 16.1. The van der Waals surface area contributed by atoms with E-state index in [0.29, 0.717) is 11.3 Å². The fourth-order valence-corrected chi connectivity index (χ4v) is 1.89. The highest BCUT2D eigenvalue weighted by molar-refractivity contribution is 6.04. The molecule has 0 fully saturated rings. The van der Waals surface area contributed by atoms with E-state index < -0.39 is 0 Å². The first kappa shape index (κ1) is 14.8. The van der Waals surface area contributed by atoms with E-state index in [1.54, 1.807) is 18.5 Å². The number of carbonyl (C=O) groups is 1. The van der Waals surface area contributed by atoms with Crippen LogP contribution >= 0.6 is 0 Å². The van der Waals surface area contributed by atoms with Crippen LogP contribution in [0.1, 0.15) is 27.0 Å². The number of aryl methyl sites for hydroxylation is 2. The molecule has 2 aromatic rings. The van der Waals surface area contributed by atoms with E-state index in [2.05, 4.69) is 22.1 Å². The van der Waals surface area contributed by atoms with Gasteiger partial charge in [-0.1, -0.05) is 17.9 Å². The molecule has 0 saturated heterocycles. The lowest BCUT2D eigenvalue weighted by Crippen LogP contribution is -2.13. The van der Waals surface area contributed by atoms with Gasteiger partial charge in [0.2, 0.25) is 0 Å². The van der Waals surface area contributed by atoms with Crippen molar-refractivity contribution in [2.45, 2.75) is 13.8 Å². The molecule has 4 nitrogen and oxygen atoms in total. The van der Waals surface area contributed by atoms with E-state index in [1.165, 1.54) is 0 Å². The van der Waals surface area contributed by atoms with Crippen molar-refractivity contribution in [3.63, 3.8) is 0 Å². The third kappa shape index (κ3) is 3.91. The summed E-state index contributed by atoms with van der Waals surface area (Å²) in [6, 6.07) is 7.49. The standard InChI is InChI=1S/C17H17N3O/c1-12-5-6-16(14(8-12)4-3-7-18)20-17(21)15-9-13(2)10-19-11-15/h5-6,8-11H,7,18H2,1-2H3,(H,20,21). The SMILES string of the molecule is Cc1cncc(C(=O)Nc2ccc(C)cc2C#CCN)c1. The van der Waals surface area contributed by atoms with Gasteiger partial charge in [-0.15, -0.1) is 0 Å². The van der Waals surface area contributed by atoms with Crippen LogP contribution in [0.3, 0.4) is 0 Å². The molecule has 0 aliphatic heterocycles. The Labute approximate surface area is 124 Å². The Morgan fingerprint density at radius 3 is 2.76 bits per heavy atom. The number of nitrogens with two attached hydrogens (primary N) is 1. The van der Waals surface area contributed by atoms with Gasteiger partial charge >= 0.3 is 0 Å². The predicted octanol–water partition coefficient (Wildman–Crippen LogP) is 2.26. The lowest BCUT2D eigenvalue weighted by molar-refractivity contribution is 0.102. The van der Waals surface area contributed by atoms with Crippen LogP contribution in [0.25, 0.3) is 0 Å². The van der Waals surface area contributed by atoms with Gasteiger partial charge in [0.05, 0.1) is 17.8 Å². The zero-order valence-electron chi connectivity index (χ0n) is 12.1. The van der Waals surface area contributed by atoms with Gasteiger partial charge in [-0.2, -0.15) is 0 Å². The molecule has 1 amide bonds. The van der Waals surface area contributed by atoms with Crippen molar-refractivity contribution in [2.75, 3.05) is 11.9 Å². The third-order valence-electron chi connectivity index (χ3n) is 2.89. The zero-order chi connectivity index (χ0) is 15.2. The van der Waals surface area contributed by atoms with Crippen LogP contribution in [0.5, 0.6) is 0 Å². The van der Waals surface area contributed by atoms with Crippen molar-refractivity contribution >= 4 is 11.6 Å². The number of hydrogen-bond acceptors (Lipinski definition) is 3. The maximum atomic E-state index is 12.3. The highest BCUT2D eigenvalue weighted by Crippen LogP contribution is 2.17. The molecule has 0 atom stereocenters. The van der Waals surface area contributed by atoms with E-state index >= 15 is 0 Å². The topological polar surface area (TPSA) is 68.0 Å². The molecule has 4 heteroatoms. The summed E-state index contributed by atoms with van der Waals surface area (Å²) in [5, 5.41) is 2.87. The number of hydrogen-bond donors (Lipinski definition) is 2. The van der Waals surface area contributed by atoms with Crippen LogP contribution in [0.15, 0.2) is 36.7 Å². The van der Waals surface area contributed by atoms with E-state index in [1.807, 2.05) is 32.0 Å². The molecule has 0 radical (unpaired) electrons. The summed E-state index contributed by atoms with van der Waals surface area (Å²) < 4.78 is 0. The Morgan fingerprint density at radius 1 is 1.24 bits per heavy atom. The van der Waals surface area contributed by atoms with Gasteiger partial charge in [-0.3, -0.25) is 9.78 Å². The van der Waals surface area contributed by atoms with Crippen molar-refractivity contribution < 1.29 is 4.79 Å². The number of carbonyl (C=O) groups excluding carboxylic acids is 1. The number of benzene rings is 1. The fraction of sp³-hybridized carbons (Fsp3) is 0.176. The monoisotopic (exact) mass is 279 g/mol. The summed E-state index contributed by atoms with van der Waals surface area (Å²) in [7, 11) is 0. The molecule has 21 heavy (non-hydrogen) atoms. The van der Waals surface area contributed by atoms with Crippen molar-refractivity contribution in [1.29, 1.82) is 0 Å². The van der Waals surface area contributed by atoms with Gasteiger partial charge < -0.3 is 11.1 Å². The highest BCUT2D eigenvalue weighted by Gasteiger charge is 2.09. The second kappa shape index (κ2) is 6.69. The maximum Gasteiger partial charge on any atom is 0.257 e.